The van der Waals surface area contributed by atoms with Gasteiger partial charge in [-0.3, -0.25) is 14.5 Å². The third kappa shape index (κ3) is 11.0. The number of amides is 1. The number of nitrogens with zero attached hydrogens (tertiary/aromatic N) is 2. The molecule has 1 saturated heterocycles. The number of carbonyl (C=O) groups excluding carboxylic acids is 2. The molecule has 1 aromatic heterocycles. The van der Waals surface area contributed by atoms with E-state index < -0.39 is 5.41 Å². The van der Waals surface area contributed by atoms with Crippen molar-refractivity contribution in [2.45, 2.75) is 46.6 Å². The number of piperidine rings is 1. The molecule has 178 valence electrons. The summed E-state index contributed by atoms with van der Waals surface area (Å²) in [7, 11) is 0. The number of pyridine rings is 1. The zero-order valence-corrected chi connectivity index (χ0v) is 20.4. The summed E-state index contributed by atoms with van der Waals surface area (Å²) in [6.45, 7) is 9.90. The van der Waals surface area contributed by atoms with Gasteiger partial charge in [0, 0.05) is 31.1 Å². The van der Waals surface area contributed by atoms with Gasteiger partial charge in [-0.05, 0) is 64.4 Å². The van der Waals surface area contributed by atoms with Gasteiger partial charge in [0.05, 0.1) is 11.2 Å². The minimum absolute atomic E-state index is 0.0465. The second-order valence-corrected chi connectivity index (χ2v) is 9.97. The van der Waals surface area contributed by atoms with Crippen molar-refractivity contribution in [2.24, 2.45) is 5.41 Å². The first-order valence-electron chi connectivity index (χ1n) is 11.3. The van der Waals surface area contributed by atoms with Crippen LogP contribution in [0.2, 0.25) is 0 Å². The van der Waals surface area contributed by atoms with Crippen molar-refractivity contribution in [3.05, 3.63) is 36.0 Å². The van der Waals surface area contributed by atoms with Crippen LogP contribution in [-0.2, 0) is 20.9 Å². The predicted molar refractivity (Wildman–Crippen MR) is 129 cm³/mol. The van der Waals surface area contributed by atoms with Crippen molar-refractivity contribution in [1.29, 1.82) is 0 Å². The molecule has 1 aliphatic heterocycles. The molecule has 7 nitrogen and oxygen atoms in total. The summed E-state index contributed by atoms with van der Waals surface area (Å²) in [5.41, 5.74) is 0.725. The lowest BCUT2D eigenvalue weighted by molar-refractivity contribution is -0.152. The van der Waals surface area contributed by atoms with Gasteiger partial charge in [0.15, 0.2) is 0 Å². The van der Waals surface area contributed by atoms with E-state index in [4.69, 9.17) is 9.47 Å². The van der Waals surface area contributed by atoms with Gasteiger partial charge < -0.3 is 14.8 Å². The Hall–Kier alpha value is -2.06. The number of thioether (sulfide) groups is 1. The van der Waals surface area contributed by atoms with Crippen molar-refractivity contribution >= 4 is 23.6 Å². The van der Waals surface area contributed by atoms with E-state index in [1.54, 1.807) is 6.20 Å². The minimum Gasteiger partial charge on any atom is -0.473 e. The smallest absolute Gasteiger partial charge is 0.311 e. The number of ether oxygens (including phenoxy) is 2. The van der Waals surface area contributed by atoms with E-state index in [9.17, 15) is 9.59 Å². The summed E-state index contributed by atoms with van der Waals surface area (Å²) < 4.78 is 10.9. The second-order valence-electron chi connectivity index (χ2n) is 8.86. The lowest BCUT2D eigenvalue weighted by atomic mass is 9.97. The van der Waals surface area contributed by atoms with Crippen molar-refractivity contribution in [1.82, 2.24) is 15.2 Å². The van der Waals surface area contributed by atoms with Gasteiger partial charge in [0.1, 0.15) is 13.2 Å². The fourth-order valence-corrected chi connectivity index (χ4v) is 3.72. The number of nitrogens with one attached hydrogen (secondary N) is 1. The number of esters is 1. The quantitative estimate of drug-likeness (QED) is 0.289. The summed E-state index contributed by atoms with van der Waals surface area (Å²) >= 11 is 1.44. The molecule has 1 amide bonds. The van der Waals surface area contributed by atoms with E-state index >= 15 is 0 Å². The summed E-state index contributed by atoms with van der Waals surface area (Å²) in [5, 5.41) is 2.83. The number of likely N-dealkylation sites (tertiary alicyclic amines) is 1. The van der Waals surface area contributed by atoms with Crippen LogP contribution in [0.25, 0.3) is 0 Å². The third-order valence-electron chi connectivity index (χ3n) is 4.87. The molecule has 0 aromatic carbocycles. The van der Waals surface area contributed by atoms with Crippen LogP contribution in [0.15, 0.2) is 30.5 Å². The number of aromatic nitrogens is 1. The maximum atomic E-state index is 11.8. The largest absolute Gasteiger partial charge is 0.473 e. The summed E-state index contributed by atoms with van der Waals surface area (Å²) in [5.74, 6) is 1.29. The number of hydrogen-bond acceptors (Lipinski definition) is 7. The van der Waals surface area contributed by atoms with Crippen molar-refractivity contribution in [3.8, 4) is 5.88 Å². The Morgan fingerprint density at radius 1 is 1.22 bits per heavy atom. The Balaban J connectivity index is 1.53. The van der Waals surface area contributed by atoms with E-state index in [0.29, 0.717) is 37.1 Å². The van der Waals surface area contributed by atoms with E-state index in [2.05, 4.69) is 15.2 Å². The molecule has 1 aromatic rings. The summed E-state index contributed by atoms with van der Waals surface area (Å²) in [4.78, 5) is 30.2. The highest BCUT2D eigenvalue weighted by atomic mass is 32.2. The number of carbonyl (C=O) groups is 2. The molecule has 0 radical (unpaired) electrons. The average Bonchev–Trinajstić information content (AvgIpc) is 2.76. The van der Waals surface area contributed by atoms with Gasteiger partial charge in [-0.2, -0.15) is 0 Å². The SMILES string of the molecule is CC(C)(C)C(=O)OCCSCC(=O)NCC=CCOc1cc(CN2CCCCC2)ccn1. The van der Waals surface area contributed by atoms with Crippen LogP contribution < -0.4 is 10.1 Å². The first-order valence-corrected chi connectivity index (χ1v) is 12.5. The van der Waals surface area contributed by atoms with Crippen molar-refractivity contribution in [3.63, 3.8) is 0 Å². The van der Waals surface area contributed by atoms with E-state index in [1.165, 1.54) is 36.6 Å². The summed E-state index contributed by atoms with van der Waals surface area (Å²) in [6, 6.07) is 4.04. The van der Waals surface area contributed by atoms with E-state index in [1.807, 2.05) is 45.1 Å². The first kappa shape index (κ1) is 26.2. The molecule has 0 saturated carbocycles. The van der Waals surface area contributed by atoms with Crippen LogP contribution in [0.1, 0.15) is 45.6 Å². The van der Waals surface area contributed by atoms with Crippen LogP contribution in [0.4, 0.5) is 0 Å². The highest BCUT2D eigenvalue weighted by Gasteiger charge is 2.22. The minimum atomic E-state index is -0.496. The van der Waals surface area contributed by atoms with E-state index in [-0.39, 0.29) is 11.9 Å². The van der Waals surface area contributed by atoms with Crippen LogP contribution in [0, 0.1) is 5.41 Å². The maximum absolute atomic E-state index is 11.8. The standard InChI is InChI=1S/C24H37N3O4S/c1-24(2,3)23(29)31-15-16-32-19-21(28)25-10-5-8-14-30-22-17-20(9-11-26-22)18-27-12-6-4-7-13-27/h5,8-9,11,17H,4,6-7,10,12-16,18-19H2,1-3H3,(H,25,28). The van der Waals surface area contributed by atoms with E-state index in [0.717, 1.165) is 19.6 Å². The van der Waals surface area contributed by atoms with Gasteiger partial charge >= 0.3 is 5.97 Å². The third-order valence-corrected chi connectivity index (χ3v) is 5.79. The van der Waals surface area contributed by atoms with Crippen molar-refractivity contribution < 1.29 is 19.1 Å². The zero-order valence-electron chi connectivity index (χ0n) is 19.6. The Bertz CT molecular complexity index is 743. The molecule has 0 aliphatic carbocycles. The molecule has 0 bridgehead atoms. The molecule has 8 heteroatoms. The van der Waals surface area contributed by atoms with Gasteiger partial charge in [0.25, 0.3) is 0 Å². The molecule has 2 rings (SSSR count). The van der Waals surface area contributed by atoms with Crippen LogP contribution in [0.3, 0.4) is 0 Å². The summed E-state index contributed by atoms with van der Waals surface area (Å²) in [6.07, 6.45) is 9.42. The second kappa shape index (κ2) is 14.2. The molecule has 0 atom stereocenters. The zero-order chi connectivity index (χ0) is 23.2. The van der Waals surface area contributed by atoms with Crippen LogP contribution in [-0.4, -0.2) is 66.1 Å². The lowest BCUT2D eigenvalue weighted by Gasteiger charge is -2.26. The fraction of sp³-hybridized carbons (Fsp3) is 0.625. The van der Waals surface area contributed by atoms with Crippen molar-refractivity contribution in [2.75, 3.05) is 44.4 Å². The van der Waals surface area contributed by atoms with Gasteiger partial charge in [0.2, 0.25) is 11.8 Å². The maximum Gasteiger partial charge on any atom is 0.311 e. The van der Waals surface area contributed by atoms with Gasteiger partial charge in [-0.1, -0.05) is 12.5 Å². The monoisotopic (exact) mass is 463 g/mol. The Morgan fingerprint density at radius 3 is 2.75 bits per heavy atom. The number of rotatable bonds is 12. The topological polar surface area (TPSA) is 80.8 Å². The van der Waals surface area contributed by atoms with Crippen LogP contribution >= 0.6 is 11.8 Å². The molecule has 1 fully saturated rings. The van der Waals surface area contributed by atoms with Crippen LogP contribution in [0.5, 0.6) is 5.88 Å². The normalized spacial score (nSPS) is 15.0. The fourth-order valence-electron chi connectivity index (χ4n) is 3.09. The number of hydrogen-bond donors (Lipinski definition) is 1. The highest BCUT2D eigenvalue weighted by molar-refractivity contribution is 7.99. The highest BCUT2D eigenvalue weighted by Crippen LogP contribution is 2.16. The molecule has 0 spiro atoms. The average molecular weight is 464 g/mol. The molecule has 0 unspecified atom stereocenters. The molecular weight excluding hydrogens is 426 g/mol. The molecule has 2 heterocycles. The Kier molecular flexibility index (Phi) is 11.6. The van der Waals surface area contributed by atoms with Gasteiger partial charge in [-0.15, -0.1) is 11.8 Å². The first-order chi connectivity index (χ1) is 15.3. The molecular formula is C24H37N3O4S. The molecule has 1 N–H and O–H groups in total. The Labute approximate surface area is 196 Å². The lowest BCUT2D eigenvalue weighted by Crippen LogP contribution is -2.29. The van der Waals surface area contributed by atoms with Gasteiger partial charge in [-0.25, -0.2) is 4.98 Å². The molecule has 32 heavy (non-hydrogen) atoms. The molecule has 1 aliphatic rings. The predicted octanol–water partition coefficient (Wildman–Crippen LogP) is 3.44. The Morgan fingerprint density at radius 2 is 2.00 bits per heavy atom.